The normalized spacial score (nSPS) is 12.6. The predicted octanol–water partition coefficient (Wildman–Crippen LogP) is -0.869. The van der Waals surface area contributed by atoms with Crippen LogP contribution in [0, 0.1) is 0 Å². The third-order valence-electron chi connectivity index (χ3n) is 2.29. The molecule has 0 aromatic rings. The van der Waals surface area contributed by atoms with E-state index in [0.29, 0.717) is 13.1 Å². The van der Waals surface area contributed by atoms with Gasteiger partial charge in [-0.05, 0) is 14.1 Å². The third kappa shape index (κ3) is 5.97. The van der Waals surface area contributed by atoms with E-state index in [-0.39, 0.29) is 13.0 Å². The van der Waals surface area contributed by atoms with E-state index in [1.807, 2.05) is 19.0 Å². The number of carboxylic acids is 1. The molecule has 102 valence electrons. The Labute approximate surface area is 103 Å². The minimum absolute atomic E-state index is 0.0238. The van der Waals surface area contributed by atoms with E-state index in [1.54, 1.807) is 0 Å². The number of carbonyl (C=O) groups is 1. The summed E-state index contributed by atoms with van der Waals surface area (Å²) in [6.07, 6.45) is -0.197. The van der Waals surface area contributed by atoms with Gasteiger partial charge in [-0.2, -0.15) is 17.0 Å². The molecular weight excluding hydrogens is 246 g/mol. The highest BCUT2D eigenvalue weighted by molar-refractivity contribution is 7.86. The Morgan fingerprint density at radius 3 is 1.88 bits per heavy atom. The summed E-state index contributed by atoms with van der Waals surface area (Å²) in [5.41, 5.74) is 0. The monoisotopic (exact) mass is 267 g/mol. The lowest BCUT2D eigenvalue weighted by Gasteiger charge is -2.24. The van der Waals surface area contributed by atoms with Crippen LogP contribution in [0.1, 0.15) is 6.42 Å². The molecule has 0 aliphatic heterocycles. The van der Waals surface area contributed by atoms with Crippen LogP contribution < -0.4 is 0 Å². The van der Waals surface area contributed by atoms with Gasteiger partial charge in [0.1, 0.15) is 0 Å². The first-order valence-corrected chi connectivity index (χ1v) is 6.61. The molecule has 0 saturated carbocycles. The Morgan fingerprint density at radius 2 is 1.47 bits per heavy atom. The number of rotatable bonds is 8. The fraction of sp³-hybridized carbons (Fsp3) is 0.889. The van der Waals surface area contributed by atoms with Gasteiger partial charge < -0.3 is 10.0 Å². The molecule has 17 heavy (non-hydrogen) atoms. The van der Waals surface area contributed by atoms with Crippen LogP contribution in [0.5, 0.6) is 0 Å². The minimum atomic E-state index is -3.55. The topological polar surface area (TPSA) is 81.2 Å². The van der Waals surface area contributed by atoms with Crippen molar-refractivity contribution in [3.05, 3.63) is 0 Å². The fourth-order valence-electron chi connectivity index (χ4n) is 1.06. The molecule has 1 N–H and O–H groups in total. The highest BCUT2D eigenvalue weighted by atomic mass is 32.2. The molecule has 0 aliphatic rings. The van der Waals surface area contributed by atoms with Gasteiger partial charge >= 0.3 is 5.97 Å². The number of aliphatic carboxylic acids is 1. The van der Waals surface area contributed by atoms with E-state index in [0.717, 1.165) is 4.31 Å². The quantitative estimate of drug-likeness (QED) is 0.618. The molecule has 0 spiro atoms. The Morgan fingerprint density at radius 1 is 1.00 bits per heavy atom. The van der Waals surface area contributed by atoms with Crippen molar-refractivity contribution in [3.63, 3.8) is 0 Å². The molecule has 0 bridgehead atoms. The molecule has 7 nitrogen and oxygen atoms in total. The first kappa shape index (κ1) is 16.3. The molecular formula is C9H21N3O4S. The van der Waals surface area contributed by atoms with Crippen molar-refractivity contribution < 1.29 is 18.3 Å². The summed E-state index contributed by atoms with van der Waals surface area (Å²) in [6.45, 7) is 0.958. The van der Waals surface area contributed by atoms with Crippen LogP contribution in [-0.4, -0.2) is 80.8 Å². The Bertz CT molecular complexity index is 342. The van der Waals surface area contributed by atoms with Crippen molar-refractivity contribution in [3.8, 4) is 0 Å². The van der Waals surface area contributed by atoms with Crippen molar-refractivity contribution in [2.24, 2.45) is 0 Å². The maximum absolute atomic E-state index is 11.9. The summed E-state index contributed by atoms with van der Waals surface area (Å²) in [5, 5.41) is 8.50. The number of hydrogen-bond acceptors (Lipinski definition) is 4. The highest BCUT2D eigenvalue weighted by Crippen LogP contribution is 2.04. The van der Waals surface area contributed by atoms with Gasteiger partial charge in [-0.15, -0.1) is 0 Å². The van der Waals surface area contributed by atoms with Crippen LogP contribution >= 0.6 is 0 Å². The molecule has 0 saturated heterocycles. The van der Waals surface area contributed by atoms with E-state index in [1.165, 1.54) is 18.4 Å². The van der Waals surface area contributed by atoms with E-state index >= 15 is 0 Å². The molecule has 0 unspecified atom stereocenters. The number of likely N-dealkylation sites (N-methyl/N-ethyl adjacent to an activating group) is 2. The van der Waals surface area contributed by atoms with Gasteiger partial charge in [-0.1, -0.05) is 0 Å². The van der Waals surface area contributed by atoms with Crippen molar-refractivity contribution in [2.45, 2.75) is 6.42 Å². The second kappa shape index (κ2) is 6.90. The van der Waals surface area contributed by atoms with Crippen LogP contribution in [0.15, 0.2) is 0 Å². The second-order valence-corrected chi connectivity index (χ2v) is 6.24. The van der Waals surface area contributed by atoms with Crippen LogP contribution in [0.2, 0.25) is 0 Å². The van der Waals surface area contributed by atoms with Gasteiger partial charge in [0.2, 0.25) is 0 Å². The third-order valence-corrected chi connectivity index (χ3v) is 4.23. The molecule has 0 aromatic carbocycles. The van der Waals surface area contributed by atoms with Crippen molar-refractivity contribution >= 4 is 16.2 Å². The molecule has 0 aromatic heterocycles. The molecule has 0 radical (unpaired) electrons. The van der Waals surface area contributed by atoms with Crippen molar-refractivity contribution in [1.82, 2.24) is 13.5 Å². The van der Waals surface area contributed by atoms with E-state index in [9.17, 15) is 13.2 Å². The van der Waals surface area contributed by atoms with E-state index in [4.69, 9.17) is 5.11 Å². The number of carboxylic acid groups (broad SMARTS) is 1. The summed E-state index contributed by atoms with van der Waals surface area (Å²) >= 11 is 0. The summed E-state index contributed by atoms with van der Waals surface area (Å²) < 4.78 is 26.1. The van der Waals surface area contributed by atoms with Crippen LogP contribution in [0.3, 0.4) is 0 Å². The van der Waals surface area contributed by atoms with Gasteiger partial charge in [-0.3, -0.25) is 4.79 Å². The zero-order valence-corrected chi connectivity index (χ0v) is 11.6. The van der Waals surface area contributed by atoms with Crippen LogP contribution in [-0.2, 0) is 15.0 Å². The van der Waals surface area contributed by atoms with Crippen molar-refractivity contribution in [1.29, 1.82) is 0 Å². The number of nitrogens with zero attached hydrogens (tertiary/aromatic N) is 3. The standard InChI is InChI=1S/C9H21N3O4S/c1-10(2)7-8-12(4)17(15,16)11(3)6-5-9(13)14/h5-8H2,1-4H3,(H,13,14). The van der Waals surface area contributed by atoms with Gasteiger partial charge in [-0.25, -0.2) is 0 Å². The van der Waals surface area contributed by atoms with Gasteiger partial charge in [0.05, 0.1) is 6.42 Å². The highest BCUT2D eigenvalue weighted by Gasteiger charge is 2.23. The zero-order chi connectivity index (χ0) is 13.6. The predicted molar refractivity (Wildman–Crippen MR) is 65.0 cm³/mol. The zero-order valence-electron chi connectivity index (χ0n) is 10.8. The Balaban J connectivity index is 4.38. The molecule has 0 rings (SSSR count). The van der Waals surface area contributed by atoms with Gasteiger partial charge in [0, 0.05) is 33.7 Å². The first-order chi connectivity index (χ1) is 7.67. The van der Waals surface area contributed by atoms with Crippen LogP contribution in [0.25, 0.3) is 0 Å². The summed E-state index contributed by atoms with van der Waals surface area (Å²) in [5.74, 6) is -1.01. The average molecular weight is 267 g/mol. The molecule has 0 heterocycles. The number of hydrogen-bond donors (Lipinski definition) is 1. The molecule has 0 fully saturated rings. The maximum Gasteiger partial charge on any atom is 0.304 e. The summed E-state index contributed by atoms with van der Waals surface area (Å²) in [7, 11) is 3.02. The molecule has 8 heteroatoms. The Kier molecular flexibility index (Phi) is 6.61. The second-order valence-electron chi connectivity index (χ2n) is 4.10. The lowest BCUT2D eigenvalue weighted by molar-refractivity contribution is -0.137. The minimum Gasteiger partial charge on any atom is -0.481 e. The van der Waals surface area contributed by atoms with Crippen LogP contribution in [0.4, 0.5) is 0 Å². The summed E-state index contributed by atoms with van der Waals surface area (Å²) in [6, 6.07) is 0. The smallest absolute Gasteiger partial charge is 0.304 e. The maximum atomic E-state index is 11.9. The average Bonchev–Trinajstić information content (AvgIpc) is 2.21. The van der Waals surface area contributed by atoms with Gasteiger partial charge in [0.15, 0.2) is 0 Å². The molecule has 0 atom stereocenters. The largest absolute Gasteiger partial charge is 0.481 e. The fourth-order valence-corrected chi connectivity index (χ4v) is 2.17. The van der Waals surface area contributed by atoms with Gasteiger partial charge in [0.25, 0.3) is 10.2 Å². The molecule has 0 amide bonds. The van der Waals surface area contributed by atoms with Crippen molar-refractivity contribution in [2.75, 3.05) is 47.8 Å². The lowest BCUT2D eigenvalue weighted by atomic mass is 10.4. The first-order valence-electron chi connectivity index (χ1n) is 5.22. The lowest BCUT2D eigenvalue weighted by Crippen LogP contribution is -2.42. The van der Waals surface area contributed by atoms with E-state index in [2.05, 4.69) is 0 Å². The van der Waals surface area contributed by atoms with E-state index < -0.39 is 16.2 Å². The molecule has 0 aliphatic carbocycles. The summed E-state index contributed by atoms with van der Waals surface area (Å²) in [4.78, 5) is 12.3. The SMILES string of the molecule is CN(C)CCN(C)S(=O)(=O)N(C)CCC(=O)O. The Hall–Kier alpha value is -0.700.